The molecule has 0 saturated heterocycles. The number of aliphatic hydroxyl groups excluding tert-OH is 1. The fourth-order valence-electron chi connectivity index (χ4n) is 2.14. The maximum absolute atomic E-state index is 12.1. The Bertz CT molecular complexity index is 690. The molecule has 0 bridgehead atoms. The Balaban J connectivity index is 2.07. The average molecular weight is 378 g/mol. The quantitative estimate of drug-likeness (QED) is 0.720. The Morgan fingerprint density at radius 3 is 2.39 bits per heavy atom. The lowest BCUT2D eigenvalue weighted by Gasteiger charge is -2.17. The third-order valence-electron chi connectivity index (χ3n) is 3.31. The summed E-state index contributed by atoms with van der Waals surface area (Å²) >= 11 is 3.32. The van der Waals surface area contributed by atoms with Gasteiger partial charge in [-0.1, -0.05) is 58.4 Å². The Kier molecular flexibility index (Phi) is 5.90. The average Bonchev–Trinajstić information content (AvgIpc) is 2.54. The summed E-state index contributed by atoms with van der Waals surface area (Å²) in [5.74, 6) is -1.89. The number of carboxylic acid groups (broad SMARTS) is 1. The monoisotopic (exact) mass is 377 g/mol. The van der Waals surface area contributed by atoms with Crippen molar-refractivity contribution in [1.29, 1.82) is 0 Å². The van der Waals surface area contributed by atoms with Crippen molar-refractivity contribution in [3.05, 3.63) is 70.2 Å². The highest BCUT2D eigenvalue weighted by Crippen LogP contribution is 2.15. The minimum absolute atomic E-state index is 0.127. The SMILES string of the molecule is O=C(N[C@H](Cc1cccc(Br)c1)C(=O)O)[C@@H](O)c1ccccc1. The maximum atomic E-state index is 12.1. The van der Waals surface area contributed by atoms with Gasteiger partial charge in [-0.2, -0.15) is 0 Å². The van der Waals surface area contributed by atoms with Crippen molar-refractivity contribution in [3.63, 3.8) is 0 Å². The summed E-state index contributed by atoms with van der Waals surface area (Å²) in [6.07, 6.45) is -1.28. The number of aliphatic carboxylic acids is 1. The van der Waals surface area contributed by atoms with E-state index in [1.54, 1.807) is 48.5 Å². The van der Waals surface area contributed by atoms with Gasteiger partial charge in [0.05, 0.1) is 0 Å². The number of hydrogen-bond acceptors (Lipinski definition) is 3. The van der Waals surface area contributed by atoms with Gasteiger partial charge in [0.15, 0.2) is 6.10 Å². The normalized spacial score (nSPS) is 13.1. The molecule has 2 aromatic carbocycles. The van der Waals surface area contributed by atoms with Gasteiger partial charge >= 0.3 is 5.97 Å². The third-order valence-corrected chi connectivity index (χ3v) is 3.80. The van der Waals surface area contributed by atoms with Crippen LogP contribution in [-0.4, -0.2) is 28.1 Å². The molecule has 3 N–H and O–H groups in total. The maximum Gasteiger partial charge on any atom is 0.326 e. The zero-order chi connectivity index (χ0) is 16.8. The first-order chi connectivity index (χ1) is 11.0. The van der Waals surface area contributed by atoms with Gasteiger partial charge < -0.3 is 15.5 Å². The van der Waals surface area contributed by atoms with E-state index in [0.717, 1.165) is 10.0 Å². The molecule has 2 aromatic rings. The highest BCUT2D eigenvalue weighted by Gasteiger charge is 2.25. The van der Waals surface area contributed by atoms with Crippen LogP contribution in [0.25, 0.3) is 0 Å². The second-order valence-corrected chi connectivity index (χ2v) is 5.96. The van der Waals surface area contributed by atoms with Crippen LogP contribution in [0.5, 0.6) is 0 Å². The number of nitrogens with one attached hydrogen (secondary N) is 1. The highest BCUT2D eigenvalue weighted by molar-refractivity contribution is 9.10. The van der Waals surface area contributed by atoms with Crippen LogP contribution in [-0.2, 0) is 16.0 Å². The molecule has 0 heterocycles. The van der Waals surface area contributed by atoms with Crippen molar-refractivity contribution in [1.82, 2.24) is 5.32 Å². The number of carbonyl (C=O) groups is 2. The first kappa shape index (κ1) is 17.2. The van der Waals surface area contributed by atoms with E-state index < -0.39 is 24.0 Å². The van der Waals surface area contributed by atoms with Gasteiger partial charge in [0.1, 0.15) is 6.04 Å². The van der Waals surface area contributed by atoms with E-state index in [-0.39, 0.29) is 6.42 Å². The zero-order valence-electron chi connectivity index (χ0n) is 12.1. The summed E-state index contributed by atoms with van der Waals surface area (Å²) in [4.78, 5) is 23.5. The Morgan fingerprint density at radius 1 is 1.09 bits per heavy atom. The van der Waals surface area contributed by atoms with Crippen LogP contribution in [0.1, 0.15) is 17.2 Å². The van der Waals surface area contributed by atoms with Crippen LogP contribution in [0.4, 0.5) is 0 Å². The molecule has 120 valence electrons. The van der Waals surface area contributed by atoms with Crippen LogP contribution in [0.3, 0.4) is 0 Å². The van der Waals surface area contributed by atoms with E-state index in [9.17, 15) is 19.8 Å². The standard InChI is InChI=1S/C17H16BrNO4/c18-13-8-4-5-11(9-13)10-14(17(22)23)19-16(21)15(20)12-6-2-1-3-7-12/h1-9,14-15,20H,10H2,(H,19,21)(H,22,23)/t14-,15+/m1/s1. The van der Waals surface area contributed by atoms with E-state index in [0.29, 0.717) is 5.56 Å². The summed E-state index contributed by atoms with van der Waals surface area (Å²) in [5.41, 5.74) is 1.18. The number of carbonyl (C=O) groups excluding carboxylic acids is 1. The van der Waals surface area contributed by atoms with Gasteiger partial charge in [-0.05, 0) is 23.3 Å². The zero-order valence-corrected chi connectivity index (χ0v) is 13.7. The van der Waals surface area contributed by atoms with Crippen molar-refractivity contribution in [2.75, 3.05) is 0 Å². The topological polar surface area (TPSA) is 86.6 Å². The number of amides is 1. The second-order valence-electron chi connectivity index (χ2n) is 5.05. The highest BCUT2D eigenvalue weighted by atomic mass is 79.9. The van der Waals surface area contributed by atoms with Crippen LogP contribution in [0.2, 0.25) is 0 Å². The van der Waals surface area contributed by atoms with E-state index >= 15 is 0 Å². The fourth-order valence-corrected chi connectivity index (χ4v) is 2.58. The number of carboxylic acids is 1. The molecule has 0 aliphatic carbocycles. The van der Waals surface area contributed by atoms with Crippen molar-refractivity contribution >= 4 is 27.8 Å². The summed E-state index contributed by atoms with van der Waals surface area (Å²) in [6, 6.07) is 14.4. The lowest BCUT2D eigenvalue weighted by molar-refractivity contribution is -0.143. The molecular formula is C17H16BrNO4. The first-order valence-corrected chi connectivity index (χ1v) is 7.77. The Morgan fingerprint density at radius 2 is 1.78 bits per heavy atom. The first-order valence-electron chi connectivity index (χ1n) is 6.98. The van der Waals surface area contributed by atoms with Crippen molar-refractivity contribution in [3.8, 4) is 0 Å². The van der Waals surface area contributed by atoms with Crippen LogP contribution in [0.15, 0.2) is 59.1 Å². The summed E-state index contributed by atoms with van der Waals surface area (Å²) in [6.45, 7) is 0. The number of aliphatic hydroxyl groups is 1. The number of benzene rings is 2. The molecule has 6 heteroatoms. The van der Waals surface area contributed by atoms with Gasteiger partial charge in [-0.15, -0.1) is 0 Å². The second kappa shape index (κ2) is 7.89. The van der Waals surface area contributed by atoms with Gasteiger partial charge in [-0.25, -0.2) is 4.79 Å². The molecule has 0 spiro atoms. The predicted molar refractivity (Wildman–Crippen MR) is 88.8 cm³/mol. The van der Waals surface area contributed by atoms with Crippen LogP contribution >= 0.6 is 15.9 Å². The molecule has 0 saturated carbocycles. The molecule has 0 aromatic heterocycles. The molecule has 1 amide bonds. The Hall–Kier alpha value is -2.18. The minimum Gasteiger partial charge on any atom is -0.480 e. The molecule has 0 unspecified atom stereocenters. The lowest BCUT2D eigenvalue weighted by atomic mass is 10.0. The van der Waals surface area contributed by atoms with E-state index in [1.165, 1.54) is 0 Å². The van der Waals surface area contributed by atoms with E-state index in [2.05, 4.69) is 21.2 Å². The molecule has 2 atom stereocenters. The summed E-state index contributed by atoms with van der Waals surface area (Å²) in [7, 11) is 0. The van der Waals surface area contributed by atoms with Crippen LogP contribution < -0.4 is 5.32 Å². The van der Waals surface area contributed by atoms with Crippen LogP contribution in [0, 0.1) is 0 Å². The van der Waals surface area contributed by atoms with Crippen molar-refractivity contribution in [2.24, 2.45) is 0 Å². The lowest BCUT2D eigenvalue weighted by Crippen LogP contribution is -2.44. The third kappa shape index (κ3) is 4.91. The van der Waals surface area contributed by atoms with Crippen molar-refractivity contribution in [2.45, 2.75) is 18.6 Å². The van der Waals surface area contributed by atoms with E-state index in [4.69, 9.17) is 0 Å². The molecule has 0 fully saturated rings. The minimum atomic E-state index is -1.40. The van der Waals surface area contributed by atoms with E-state index in [1.807, 2.05) is 6.07 Å². The molecule has 0 radical (unpaired) electrons. The van der Waals surface area contributed by atoms with Gasteiger partial charge in [0, 0.05) is 10.9 Å². The van der Waals surface area contributed by atoms with Gasteiger partial charge in [-0.3, -0.25) is 4.79 Å². The number of halogens is 1. The molecular weight excluding hydrogens is 362 g/mol. The van der Waals surface area contributed by atoms with Gasteiger partial charge in [0.25, 0.3) is 5.91 Å². The molecule has 2 rings (SSSR count). The van der Waals surface area contributed by atoms with Gasteiger partial charge in [0.2, 0.25) is 0 Å². The molecule has 0 aliphatic rings. The summed E-state index contributed by atoms with van der Waals surface area (Å²) < 4.78 is 0.829. The molecule has 0 aliphatic heterocycles. The Labute approximate surface area is 142 Å². The molecule has 5 nitrogen and oxygen atoms in total. The molecule has 23 heavy (non-hydrogen) atoms. The summed E-state index contributed by atoms with van der Waals surface area (Å²) in [5, 5.41) is 21.7. The fraction of sp³-hybridized carbons (Fsp3) is 0.176. The smallest absolute Gasteiger partial charge is 0.326 e. The largest absolute Gasteiger partial charge is 0.480 e. The predicted octanol–water partition coefficient (Wildman–Crippen LogP) is 2.29. The number of rotatable bonds is 6. The number of hydrogen-bond donors (Lipinski definition) is 3. The van der Waals surface area contributed by atoms with Crippen molar-refractivity contribution < 1.29 is 19.8 Å².